The quantitative estimate of drug-likeness (QED) is 0.423. The molecule has 2 aromatic carbocycles. The number of ether oxygens (including phenoxy) is 1. The minimum absolute atomic E-state index is 0.00998. The van der Waals surface area contributed by atoms with Gasteiger partial charge < -0.3 is 9.15 Å². The Labute approximate surface area is 167 Å². The summed E-state index contributed by atoms with van der Waals surface area (Å²) in [7, 11) is 0. The Morgan fingerprint density at radius 3 is 2.46 bits per heavy atom. The van der Waals surface area contributed by atoms with Crippen LogP contribution in [0.3, 0.4) is 0 Å². The van der Waals surface area contributed by atoms with Gasteiger partial charge in [0.05, 0.1) is 6.42 Å². The van der Waals surface area contributed by atoms with Crippen LogP contribution >= 0.6 is 11.6 Å². The van der Waals surface area contributed by atoms with E-state index in [1.54, 1.807) is 30.3 Å². The fourth-order valence-electron chi connectivity index (χ4n) is 2.51. The molecule has 3 aromatic rings. The molecule has 0 saturated carbocycles. The molecule has 1 aromatic heterocycles. The Morgan fingerprint density at radius 2 is 1.75 bits per heavy atom. The van der Waals surface area contributed by atoms with Crippen LogP contribution in [0, 0.1) is 13.8 Å². The van der Waals surface area contributed by atoms with E-state index in [4.69, 9.17) is 20.8 Å². The molecule has 0 radical (unpaired) electrons. The number of ketones is 1. The summed E-state index contributed by atoms with van der Waals surface area (Å²) in [6.07, 6.45) is 0.0745. The Kier molecular flexibility index (Phi) is 6.21. The minimum Gasteiger partial charge on any atom is -0.456 e. The van der Waals surface area contributed by atoms with Gasteiger partial charge in [-0.05, 0) is 55.3 Å². The number of aromatic nitrogens is 2. The monoisotopic (exact) mass is 398 g/mol. The van der Waals surface area contributed by atoms with Crippen LogP contribution in [0.4, 0.5) is 0 Å². The topological polar surface area (TPSA) is 82.3 Å². The van der Waals surface area contributed by atoms with Crippen LogP contribution in [-0.2, 0) is 16.1 Å². The number of Topliss-reactive ketones (excluding diaryl/α,β-unsaturated/α-hetero) is 1. The van der Waals surface area contributed by atoms with Crippen molar-refractivity contribution in [3.8, 4) is 11.5 Å². The third-order valence-corrected chi connectivity index (χ3v) is 4.55. The molecule has 1 heterocycles. The fourth-order valence-corrected chi connectivity index (χ4v) is 2.64. The maximum Gasteiger partial charge on any atom is 0.306 e. The van der Waals surface area contributed by atoms with Gasteiger partial charge in [-0.3, -0.25) is 9.59 Å². The van der Waals surface area contributed by atoms with E-state index in [1.807, 2.05) is 26.0 Å². The molecule has 0 atom stereocenters. The summed E-state index contributed by atoms with van der Waals surface area (Å²) < 4.78 is 10.6. The zero-order chi connectivity index (χ0) is 20.1. The number of benzene rings is 2. The SMILES string of the molecule is Cc1ccc(C(=O)CCC(=O)OCc2nnc(-c3ccc(Cl)cc3)o2)cc1C. The number of halogens is 1. The third kappa shape index (κ3) is 5.04. The summed E-state index contributed by atoms with van der Waals surface area (Å²) in [6.45, 7) is 3.79. The van der Waals surface area contributed by atoms with Crippen molar-refractivity contribution >= 4 is 23.4 Å². The normalized spacial score (nSPS) is 10.7. The zero-order valence-corrected chi connectivity index (χ0v) is 16.3. The Hall–Kier alpha value is -2.99. The molecular weight excluding hydrogens is 380 g/mol. The smallest absolute Gasteiger partial charge is 0.306 e. The van der Waals surface area contributed by atoms with Crippen LogP contribution in [0.15, 0.2) is 46.9 Å². The van der Waals surface area contributed by atoms with Gasteiger partial charge in [0.15, 0.2) is 12.4 Å². The van der Waals surface area contributed by atoms with Crippen LogP contribution < -0.4 is 0 Å². The minimum atomic E-state index is -0.497. The van der Waals surface area contributed by atoms with Gasteiger partial charge in [0.1, 0.15) is 0 Å². The molecule has 144 valence electrons. The number of aryl methyl sites for hydroxylation is 2. The van der Waals surface area contributed by atoms with Gasteiger partial charge in [0.2, 0.25) is 5.89 Å². The molecule has 28 heavy (non-hydrogen) atoms. The number of carbonyl (C=O) groups is 2. The van der Waals surface area contributed by atoms with E-state index in [2.05, 4.69) is 10.2 Å². The predicted octanol–water partition coefficient (Wildman–Crippen LogP) is 4.71. The summed E-state index contributed by atoms with van der Waals surface area (Å²) in [5.41, 5.74) is 3.48. The van der Waals surface area contributed by atoms with Gasteiger partial charge in [-0.15, -0.1) is 10.2 Å². The highest BCUT2D eigenvalue weighted by Crippen LogP contribution is 2.20. The van der Waals surface area contributed by atoms with Crippen molar-refractivity contribution < 1.29 is 18.7 Å². The van der Waals surface area contributed by atoms with Gasteiger partial charge in [-0.2, -0.15) is 0 Å². The summed E-state index contributed by atoms with van der Waals surface area (Å²) in [6, 6.07) is 12.4. The molecule has 0 fully saturated rings. The first kappa shape index (κ1) is 19.8. The molecule has 0 aliphatic rings. The van der Waals surface area contributed by atoms with Crippen molar-refractivity contribution in [2.75, 3.05) is 0 Å². The number of esters is 1. The van der Waals surface area contributed by atoms with E-state index in [0.717, 1.165) is 11.1 Å². The second kappa shape index (κ2) is 8.80. The lowest BCUT2D eigenvalue weighted by molar-refractivity contribution is -0.145. The van der Waals surface area contributed by atoms with E-state index >= 15 is 0 Å². The van der Waals surface area contributed by atoms with E-state index in [9.17, 15) is 9.59 Å². The predicted molar refractivity (Wildman–Crippen MR) is 104 cm³/mol. The van der Waals surface area contributed by atoms with Gasteiger partial charge in [0, 0.05) is 22.6 Å². The highest BCUT2D eigenvalue weighted by atomic mass is 35.5. The molecule has 7 heteroatoms. The number of rotatable bonds is 7. The fraction of sp³-hybridized carbons (Fsp3) is 0.238. The van der Waals surface area contributed by atoms with Gasteiger partial charge in [-0.25, -0.2) is 0 Å². The Morgan fingerprint density at radius 1 is 1.00 bits per heavy atom. The number of hydrogen-bond donors (Lipinski definition) is 0. The summed E-state index contributed by atoms with van der Waals surface area (Å²) in [5.74, 6) is -0.0993. The van der Waals surface area contributed by atoms with Crippen LogP contribution in [0.1, 0.15) is 40.2 Å². The first-order chi connectivity index (χ1) is 13.4. The zero-order valence-electron chi connectivity index (χ0n) is 15.6. The van der Waals surface area contributed by atoms with E-state index < -0.39 is 5.97 Å². The summed E-state index contributed by atoms with van der Waals surface area (Å²) in [5, 5.41) is 8.38. The average molecular weight is 399 g/mol. The molecule has 0 N–H and O–H groups in total. The lowest BCUT2D eigenvalue weighted by atomic mass is 10.0. The molecule has 3 rings (SSSR count). The summed E-state index contributed by atoms with van der Waals surface area (Å²) in [4.78, 5) is 24.1. The van der Waals surface area contributed by atoms with E-state index in [-0.39, 0.29) is 31.1 Å². The van der Waals surface area contributed by atoms with Crippen LogP contribution in [0.5, 0.6) is 0 Å². The molecule has 0 amide bonds. The molecule has 0 spiro atoms. The molecule has 0 aliphatic heterocycles. The molecule has 0 bridgehead atoms. The molecule has 0 unspecified atom stereocenters. The summed E-state index contributed by atoms with van der Waals surface area (Å²) >= 11 is 5.85. The van der Waals surface area contributed by atoms with E-state index in [1.165, 1.54) is 0 Å². The standard InChI is InChI=1S/C21H19ClN2O4/c1-13-3-4-16(11-14(13)2)18(25)9-10-20(26)27-12-19-23-24-21(28-19)15-5-7-17(22)8-6-15/h3-8,11H,9-10,12H2,1-2H3. The van der Waals surface area contributed by atoms with Crippen LogP contribution in [-0.4, -0.2) is 21.9 Å². The van der Waals surface area contributed by atoms with Crippen molar-refractivity contribution in [2.45, 2.75) is 33.3 Å². The van der Waals surface area contributed by atoms with Gasteiger partial charge in [-0.1, -0.05) is 23.7 Å². The van der Waals surface area contributed by atoms with Crippen molar-refractivity contribution in [1.82, 2.24) is 10.2 Å². The first-order valence-corrected chi connectivity index (χ1v) is 9.14. The Bertz CT molecular complexity index is 996. The van der Waals surface area contributed by atoms with Crippen LogP contribution in [0.2, 0.25) is 5.02 Å². The highest BCUT2D eigenvalue weighted by Gasteiger charge is 2.14. The second-order valence-corrected chi connectivity index (χ2v) is 6.83. The Balaban J connectivity index is 1.48. The lowest BCUT2D eigenvalue weighted by Crippen LogP contribution is -2.08. The third-order valence-electron chi connectivity index (χ3n) is 4.30. The maximum atomic E-state index is 12.2. The van der Waals surface area contributed by atoms with Gasteiger partial charge in [0.25, 0.3) is 5.89 Å². The number of nitrogens with zero attached hydrogens (tertiary/aromatic N) is 2. The van der Waals surface area contributed by atoms with E-state index in [0.29, 0.717) is 22.0 Å². The highest BCUT2D eigenvalue weighted by molar-refractivity contribution is 6.30. The average Bonchev–Trinajstić information content (AvgIpc) is 3.16. The molecule has 0 saturated heterocycles. The maximum absolute atomic E-state index is 12.2. The lowest BCUT2D eigenvalue weighted by Gasteiger charge is -2.05. The largest absolute Gasteiger partial charge is 0.456 e. The second-order valence-electron chi connectivity index (χ2n) is 6.39. The van der Waals surface area contributed by atoms with Crippen LogP contribution in [0.25, 0.3) is 11.5 Å². The first-order valence-electron chi connectivity index (χ1n) is 8.77. The number of hydrogen-bond acceptors (Lipinski definition) is 6. The molecule has 0 aliphatic carbocycles. The molecule has 6 nitrogen and oxygen atoms in total. The van der Waals surface area contributed by atoms with Crippen molar-refractivity contribution in [2.24, 2.45) is 0 Å². The van der Waals surface area contributed by atoms with Gasteiger partial charge >= 0.3 is 5.97 Å². The van der Waals surface area contributed by atoms with Crippen molar-refractivity contribution in [3.63, 3.8) is 0 Å². The van der Waals surface area contributed by atoms with Crippen molar-refractivity contribution in [1.29, 1.82) is 0 Å². The van der Waals surface area contributed by atoms with Crippen molar-refractivity contribution in [3.05, 3.63) is 70.1 Å². The number of carbonyl (C=O) groups excluding carboxylic acids is 2. The molecular formula is C21H19ClN2O4.